The van der Waals surface area contributed by atoms with Gasteiger partial charge in [0.05, 0.1) is 43.1 Å². The van der Waals surface area contributed by atoms with Gasteiger partial charge in [0.1, 0.15) is 16.3 Å². The van der Waals surface area contributed by atoms with Crippen molar-refractivity contribution in [2.24, 2.45) is 0 Å². The normalized spacial score (nSPS) is 14.7. The van der Waals surface area contributed by atoms with Gasteiger partial charge in [-0.1, -0.05) is 0 Å². The van der Waals surface area contributed by atoms with Gasteiger partial charge in [0, 0.05) is 48.2 Å². The third kappa shape index (κ3) is 3.82. The third-order valence-electron chi connectivity index (χ3n) is 6.48. The molecule has 1 aliphatic heterocycles. The van der Waals surface area contributed by atoms with Crippen molar-refractivity contribution in [3.8, 4) is 33.9 Å². The Kier molecular flexibility index (Phi) is 5.79. The lowest BCUT2D eigenvalue weighted by Crippen LogP contribution is -2.43. The Morgan fingerprint density at radius 3 is 2.42 bits per heavy atom. The van der Waals surface area contributed by atoms with Gasteiger partial charge in [-0.25, -0.2) is 17.8 Å². The van der Waals surface area contributed by atoms with Crippen molar-refractivity contribution in [1.29, 1.82) is 0 Å². The van der Waals surface area contributed by atoms with E-state index in [2.05, 4.69) is 15.4 Å². The van der Waals surface area contributed by atoms with Crippen LogP contribution in [-0.4, -0.2) is 59.6 Å². The number of imidazole rings is 1. The third-order valence-corrected chi connectivity index (χ3v) is 8.98. The van der Waals surface area contributed by atoms with E-state index in [1.165, 1.54) is 26.5 Å². The Hall–Kier alpha value is -3.44. The molecule has 11 heteroatoms. The highest BCUT2D eigenvalue weighted by Gasteiger charge is 2.34. The number of rotatable bonds is 6. The molecule has 9 nitrogen and oxygen atoms in total. The number of benzene rings is 1. The van der Waals surface area contributed by atoms with Crippen LogP contribution in [0.3, 0.4) is 0 Å². The molecule has 4 aromatic rings. The van der Waals surface area contributed by atoms with Crippen molar-refractivity contribution in [3.05, 3.63) is 48.8 Å². The van der Waals surface area contributed by atoms with E-state index in [4.69, 9.17) is 9.47 Å². The van der Waals surface area contributed by atoms with Crippen molar-refractivity contribution in [2.75, 3.05) is 27.3 Å². The summed E-state index contributed by atoms with van der Waals surface area (Å²) in [5, 5.41) is 7.65. The minimum Gasteiger partial charge on any atom is -0.495 e. The molecule has 5 rings (SSSR count). The monoisotopic (exact) mass is 513 g/mol. The number of fused-ring (bicyclic) bond motifs is 1. The molecule has 0 saturated carbocycles. The fourth-order valence-corrected chi connectivity index (χ4v) is 5.50. The number of methoxy groups -OCH3 is 2. The molecule has 190 valence electrons. The SMILES string of the molecule is COc1cc2ncc(-c3cc(F)c(OC)c(-c4cnn(C5CNC5)c4)c3)n2cc1S(=O)(=O)C(C)(C)C. The number of aromatic nitrogens is 4. The Balaban J connectivity index is 1.68. The molecule has 1 saturated heterocycles. The van der Waals surface area contributed by atoms with Crippen LogP contribution in [0.5, 0.6) is 11.5 Å². The van der Waals surface area contributed by atoms with Gasteiger partial charge in [0.25, 0.3) is 0 Å². The summed E-state index contributed by atoms with van der Waals surface area (Å²) in [6.45, 7) is 6.55. The fraction of sp³-hybridized carbons (Fsp3) is 0.360. The van der Waals surface area contributed by atoms with Gasteiger partial charge >= 0.3 is 0 Å². The van der Waals surface area contributed by atoms with E-state index in [0.717, 1.165) is 13.1 Å². The van der Waals surface area contributed by atoms with Crippen LogP contribution in [0.25, 0.3) is 28.0 Å². The van der Waals surface area contributed by atoms with Crippen molar-refractivity contribution < 1.29 is 22.3 Å². The predicted molar refractivity (Wildman–Crippen MR) is 134 cm³/mol. The molecule has 0 bridgehead atoms. The summed E-state index contributed by atoms with van der Waals surface area (Å²) in [5.41, 5.74) is 2.76. The lowest BCUT2D eigenvalue weighted by molar-refractivity contribution is 0.318. The molecule has 0 unspecified atom stereocenters. The molecule has 0 atom stereocenters. The van der Waals surface area contributed by atoms with Gasteiger partial charge in [-0.15, -0.1) is 0 Å². The van der Waals surface area contributed by atoms with Crippen molar-refractivity contribution in [3.63, 3.8) is 0 Å². The van der Waals surface area contributed by atoms with Crippen molar-refractivity contribution in [1.82, 2.24) is 24.5 Å². The van der Waals surface area contributed by atoms with Gasteiger partial charge in [0.2, 0.25) is 0 Å². The number of ether oxygens (including phenoxy) is 2. The van der Waals surface area contributed by atoms with E-state index >= 15 is 4.39 Å². The van der Waals surface area contributed by atoms with Gasteiger partial charge < -0.3 is 14.8 Å². The second kappa shape index (κ2) is 8.59. The second-order valence-corrected chi connectivity index (χ2v) is 12.4. The highest BCUT2D eigenvalue weighted by atomic mass is 32.2. The van der Waals surface area contributed by atoms with Crippen molar-refractivity contribution >= 4 is 15.5 Å². The second-order valence-electron chi connectivity index (χ2n) is 9.75. The number of hydrogen-bond donors (Lipinski definition) is 1. The highest BCUT2D eigenvalue weighted by Crippen LogP contribution is 2.39. The van der Waals surface area contributed by atoms with Crippen LogP contribution in [0.4, 0.5) is 4.39 Å². The smallest absolute Gasteiger partial charge is 0.188 e. The molecule has 1 aliphatic rings. The van der Waals surface area contributed by atoms with Crippen LogP contribution < -0.4 is 14.8 Å². The van der Waals surface area contributed by atoms with Gasteiger partial charge in [-0.3, -0.25) is 9.08 Å². The topological polar surface area (TPSA) is 99.8 Å². The molecule has 0 aliphatic carbocycles. The van der Waals surface area contributed by atoms with Crippen LogP contribution in [0, 0.1) is 5.82 Å². The Morgan fingerprint density at radius 1 is 1.06 bits per heavy atom. The molecule has 1 N–H and O–H groups in total. The first-order valence-corrected chi connectivity index (χ1v) is 13.0. The number of sulfone groups is 1. The maximum Gasteiger partial charge on any atom is 0.188 e. The minimum absolute atomic E-state index is 0.0360. The number of pyridine rings is 1. The molecule has 0 amide bonds. The molecule has 0 spiro atoms. The van der Waals surface area contributed by atoms with Crippen molar-refractivity contribution in [2.45, 2.75) is 36.5 Å². The van der Waals surface area contributed by atoms with E-state index in [-0.39, 0.29) is 22.4 Å². The highest BCUT2D eigenvalue weighted by molar-refractivity contribution is 7.92. The predicted octanol–water partition coefficient (Wildman–Crippen LogP) is 3.74. The zero-order chi connectivity index (χ0) is 25.8. The van der Waals surface area contributed by atoms with Crippen LogP contribution in [-0.2, 0) is 9.84 Å². The van der Waals surface area contributed by atoms with Crippen LogP contribution >= 0.6 is 0 Å². The van der Waals surface area contributed by atoms with E-state index in [9.17, 15) is 8.42 Å². The van der Waals surface area contributed by atoms with Crippen LogP contribution in [0.2, 0.25) is 0 Å². The number of nitrogens with one attached hydrogen (secondary N) is 1. The zero-order valence-corrected chi connectivity index (χ0v) is 21.6. The first-order chi connectivity index (χ1) is 17.0. The standard InChI is InChI=1S/C25H28FN5O4S/c1-25(2,3)36(32,33)22-14-30-20(12-28-23(30)8-21(22)34-4)15-6-18(24(35-5)19(26)7-15)16-9-29-31(13-16)17-10-27-11-17/h6-9,12-14,17,27H,10-11H2,1-5H3. The zero-order valence-electron chi connectivity index (χ0n) is 20.7. The number of nitrogens with zero attached hydrogens (tertiary/aromatic N) is 4. The summed E-state index contributed by atoms with van der Waals surface area (Å²) in [4.78, 5) is 4.46. The summed E-state index contributed by atoms with van der Waals surface area (Å²) in [6, 6.07) is 4.98. The summed E-state index contributed by atoms with van der Waals surface area (Å²) in [7, 11) is -0.902. The van der Waals surface area contributed by atoms with E-state index in [1.54, 1.807) is 49.7 Å². The van der Waals surface area contributed by atoms with E-state index in [1.807, 2.05) is 10.9 Å². The molecule has 1 fully saturated rings. The van der Waals surface area contributed by atoms with Crippen LogP contribution in [0.15, 0.2) is 47.9 Å². The Labute approximate surface area is 208 Å². The van der Waals surface area contributed by atoms with E-state index in [0.29, 0.717) is 28.0 Å². The summed E-state index contributed by atoms with van der Waals surface area (Å²) >= 11 is 0. The lowest BCUT2D eigenvalue weighted by Gasteiger charge is -2.27. The lowest BCUT2D eigenvalue weighted by atomic mass is 10.0. The molecule has 1 aromatic carbocycles. The maximum absolute atomic E-state index is 15.3. The molecular weight excluding hydrogens is 485 g/mol. The minimum atomic E-state index is -3.74. The van der Waals surface area contributed by atoms with Crippen LogP contribution in [0.1, 0.15) is 26.8 Å². The van der Waals surface area contributed by atoms with Gasteiger partial charge in [-0.2, -0.15) is 5.10 Å². The van der Waals surface area contributed by atoms with Gasteiger partial charge in [0.15, 0.2) is 21.4 Å². The quantitative estimate of drug-likeness (QED) is 0.419. The molecule has 4 heterocycles. The molecule has 3 aromatic heterocycles. The number of hydrogen-bond acceptors (Lipinski definition) is 7. The van der Waals surface area contributed by atoms with Gasteiger partial charge in [-0.05, 0) is 32.9 Å². The maximum atomic E-state index is 15.3. The summed E-state index contributed by atoms with van der Waals surface area (Å²) in [6.07, 6.45) is 6.63. The summed E-state index contributed by atoms with van der Waals surface area (Å²) < 4.78 is 55.1. The molecular formula is C25H28FN5O4S. The van der Waals surface area contributed by atoms with E-state index < -0.39 is 20.4 Å². The largest absolute Gasteiger partial charge is 0.495 e. The first kappa shape index (κ1) is 24.3. The average Bonchev–Trinajstić information content (AvgIpc) is 3.42. The Morgan fingerprint density at radius 2 is 1.81 bits per heavy atom. The fourth-order valence-electron chi connectivity index (χ4n) is 4.19. The molecule has 36 heavy (non-hydrogen) atoms. The summed E-state index contributed by atoms with van der Waals surface area (Å²) in [5.74, 6) is -0.236. The Bertz CT molecular complexity index is 1570. The number of halogens is 1. The average molecular weight is 514 g/mol. The first-order valence-electron chi connectivity index (χ1n) is 11.5. The molecule has 0 radical (unpaired) electrons.